The summed E-state index contributed by atoms with van der Waals surface area (Å²) in [6.45, 7) is 0.595. The van der Waals surface area contributed by atoms with Gasteiger partial charge in [-0.15, -0.1) is 0 Å². The molecule has 2 aromatic carbocycles. The molecule has 0 heterocycles. The molecule has 0 atom stereocenters. The number of benzene rings is 2. The van der Waals surface area contributed by atoms with Gasteiger partial charge in [-0.2, -0.15) is 10.0 Å². The average molecular weight is 284 g/mol. The molecule has 0 fully saturated rings. The summed E-state index contributed by atoms with van der Waals surface area (Å²) >= 11 is 0. The third-order valence-electron chi connectivity index (χ3n) is 2.60. The highest BCUT2D eigenvalue weighted by molar-refractivity contribution is 8.35. The molecule has 0 saturated heterocycles. The van der Waals surface area contributed by atoms with E-state index in [1.165, 1.54) is 5.56 Å². The van der Waals surface area contributed by atoms with E-state index in [1.54, 1.807) is 0 Å². The molecule has 2 aromatic rings. The lowest BCUT2D eigenvalue weighted by molar-refractivity contribution is 0.306. The molecule has 0 radical (unpaired) electrons. The number of hydrogen-bond acceptors (Lipinski definition) is 1. The van der Waals surface area contributed by atoms with Crippen molar-refractivity contribution in [2.45, 2.75) is 6.61 Å². The fourth-order valence-corrected chi connectivity index (χ4v) is 2.01. The van der Waals surface area contributed by atoms with Gasteiger partial charge in [-0.3, -0.25) is 0 Å². The zero-order valence-electron chi connectivity index (χ0n) is 12.2. The zero-order valence-corrected chi connectivity index (χ0v) is 13.0. The molecule has 0 aliphatic rings. The largest absolute Gasteiger partial charge is 0.489 e. The maximum absolute atomic E-state index is 5.75. The van der Waals surface area contributed by atoms with Crippen molar-refractivity contribution < 1.29 is 4.74 Å². The first kappa shape index (κ1) is 14.6. The molecule has 2 heteroatoms. The summed E-state index contributed by atoms with van der Waals surface area (Å²) in [6, 6.07) is 18.2. The number of rotatable bonds is 3. The minimum absolute atomic E-state index is 0.595. The van der Waals surface area contributed by atoms with Crippen molar-refractivity contribution in [1.29, 1.82) is 0 Å². The molecule has 0 amide bonds. The molecule has 0 aliphatic carbocycles. The minimum atomic E-state index is -0.771. The quantitative estimate of drug-likeness (QED) is 0.765. The Kier molecular flexibility index (Phi) is 4.76. The molecule has 0 aliphatic heterocycles. The number of ether oxygens (including phenoxy) is 1. The van der Waals surface area contributed by atoms with Gasteiger partial charge in [0.2, 0.25) is 0 Å². The van der Waals surface area contributed by atoms with Gasteiger partial charge in [0.15, 0.2) is 0 Å². The van der Waals surface area contributed by atoms with Crippen LogP contribution in [0.4, 0.5) is 0 Å². The van der Waals surface area contributed by atoms with Gasteiger partial charge in [0.05, 0.1) is 0 Å². The monoisotopic (exact) mass is 284 g/mol. The summed E-state index contributed by atoms with van der Waals surface area (Å²) in [7, 11) is -0.771. The van der Waals surface area contributed by atoms with E-state index in [0.717, 1.165) is 11.3 Å². The molecule has 1 nitrogen and oxygen atoms in total. The van der Waals surface area contributed by atoms with Crippen LogP contribution in [0.1, 0.15) is 11.1 Å². The second-order valence-corrected chi connectivity index (χ2v) is 9.24. The van der Waals surface area contributed by atoms with Crippen molar-refractivity contribution in [2.24, 2.45) is 0 Å². The lowest BCUT2D eigenvalue weighted by Gasteiger charge is -2.14. The van der Waals surface area contributed by atoms with Gasteiger partial charge in [0.25, 0.3) is 0 Å². The molecule has 2 rings (SSSR count). The molecule has 0 N–H and O–H groups in total. The molecular formula is C18H20OS. The molecule has 0 spiro atoms. The van der Waals surface area contributed by atoms with Gasteiger partial charge in [-0.1, -0.05) is 36.3 Å². The van der Waals surface area contributed by atoms with Gasteiger partial charge in [0.1, 0.15) is 12.4 Å². The van der Waals surface area contributed by atoms with Crippen LogP contribution in [-0.4, -0.2) is 18.8 Å². The molecule has 0 aromatic heterocycles. The third kappa shape index (κ3) is 5.03. The second kappa shape index (κ2) is 6.54. The molecule has 0 unspecified atom stereocenters. The van der Waals surface area contributed by atoms with Crippen LogP contribution in [0.15, 0.2) is 54.6 Å². The van der Waals surface area contributed by atoms with Crippen molar-refractivity contribution in [3.8, 4) is 16.9 Å². The van der Waals surface area contributed by atoms with E-state index < -0.39 is 10.0 Å². The van der Waals surface area contributed by atoms with Crippen LogP contribution in [0.25, 0.3) is 0 Å². The zero-order chi connectivity index (χ0) is 14.4. The Morgan fingerprint density at radius 1 is 0.900 bits per heavy atom. The molecule has 104 valence electrons. The van der Waals surface area contributed by atoms with Gasteiger partial charge >= 0.3 is 0 Å². The molecule has 0 bridgehead atoms. The summed E-state index contributed by atoms with van der Waals surface area (Å²) in [5.41, 5.74) is 2.21. The lowest BCUT2D eigenvalue weighted by atomic mass is 10.2. The van der Waals surface area contributed by atoms with E-state index >= 15 is 0 Å². The summed E-state index contributed by atoms with van der Waals surface area (Å²) in [4.78, 5) is 0. The van der Waals surface area contributed by atoms with E-state index in [9.17, 15) is 0 Å². The molecule has 0 saturated carbocycles. The van der Waals surface area contributed by atoms with Crippen LogP contribution in [-0.2, 0) is 6.61 Å². The fraction of sp³-hybridized carbons (Fsp3) is 0.222. The van der Waals surface area contributed by atoms with Gasteiger partial charge in [-0.05, 0) is 53.8 Å². The maximum Gasteiger partial charge on any atom is 0.119 e. The van der Waals surface area contributed by atoms with Crippen molar-refractivity contribution in [3.63, 3.8) is 0 Å². The fourth-order valence-electron chi connectivity index (χ4n) is 1.59. The van der Waals surface area contributed by atoms with Crippen molar-refractivity contribution >= 4 is 10.0 Å². The summed E-state index contributed by atoms with van der Waals surface area (Å²) < 4.78 is 5.75. The maximum atomic E-state index is 5.75. The second-order valence-electron chi connectivity index (χ2n) is 5.36. The van der Waals surface area contributed by atoms with Crippen molar-refractivity contribution in [3.05, 3.63) is 65.7 Å². The predicted molar refractivity (Wildman–Crippen MR) is 89.5 cm³/mol. The smallest absolute Gasteiger partial charge is 0.119 e. The summed E-state index contributed by atoms with van der Waals surface area (Å²) in [5, 5.41) is 3.31. The van der Waals surface area contributed by atoms with Gasteiger partial charge < -0.3 is 4.74 Å². The molecular weight excluding hydrogens is 264 g/mol. The summed E-state index contributed by atoms with van der Waals surface area (Å²) in [5.74, 6) is 4.09. The first-order chi connectivity index (χ1) is 9.53. The van der Waals surface area contributed by atoms with Gasteiger partial charge in [0, 0.05) is 5.56 Å². The van der Waals surface area contributed by atoms with Crippen LogP contribution in [0, 0.1) is 11.2 Å². The Bertz CT molecular complexity index is 598. The van der Waals surface area contributed by atoms with E-state index in [4.69, 9.17) is 4.74 Å². The van der Waals surface area contributed by atoms with Crippen molar-refractivity contribution in [1.82, 2.24) is 0 Å². The Labute approximate surface area is 123 Å². The predicted octanol–water partition coefficient (Wildman–Crippen LogP) is 4.27. The average Bonchev–Trinajstić information content (AvgIpc) is 2.44. The Balaban J connectivity index is 1.96. The van der Waals surface area contributed by atoms with E-state index in [0.29, 0.717) is 6.61 Å². The normalized spacial score (nSPS) is 11.3. The SMILES string of the molecule is CS(C)(C)C#Cc1ccc(OCc2ccccc2)cc1. The first-order valence-electron chi connectivity index (χ1n) is 6.51. The standard InChI is InChI=1S/C18H20OS/c1-20(2,3)14-13-16-9-11-18(12-10-16)19-15-17-7-5-4-6-8-17/h4-12H,15H2,1-3H3. The Hall–Kier alpha value is -1.85. The van der Waals surface area contributed by atoms with E-state index in [1.807, 2.05) is 42.5 Å². The van der Waals surface area contributed by atoms with E-state index in [2.05, 4.69) is 42.1 Å². The number of hydrogen-bond donors (Lipinski definition) is 0. The summed E-state index contributed by atoms with van der Waals surface area (Å²) in [6.07, 6.45) is 6.58. The van der Waals surface area contributed by atoms with Crippen LogP contribution in [0.5, 0.6) is 5.75 Å². The third-order valence-corrected chi connectivity index (χ3v) is 3.32. The lowest BCUT2D eigenvalue weighted by Crippen LogP contribution is -1.94. The van der Waals surface area contributed by atoms with Crippen LogP contribution in [0.2, 0.25) is 0 Å². The van der Waals surface area contributed by atoms with Gasteiger partial charge in [-0.25, -0.2) is 0 Å². The Morgan fingerprint density at radius 2 is 1.55 bits per heavy atom. The van der Waals surface area contributed by atoms with Crippen molar-refractivity contribution in [2.75, 3.05) is 18.8 Å². The minimum Gasteiger partial charge on any atom is -0.489 e. The van der Waals surface area contributed by atoms with Crippen LogP contribution < -0.4 is 4.74 Å². The highest BCUT2D eigenvalue weighted by atomic mass is 32.3. The van der Waals surface area contributed by atoms with Crippen LogP contribution >= 0.6 is 10.0 Å². The molecule has 20 heavy (non-hydrogen) atoms. The topological polar surface area (TPSA) is 9.23 Å². The highest BCUT2D eigenvalue weighted by Gasteiger charge is 1.98. The highest BCUT2D eigenvalue weighted by Crippen LogP contribution is 2.32. The first-order valence-corrected chi connectivity index (χ1v) is 9.37. The van der Waals surface area contributed by atoms with Crippen LogP contribution in [0.3, 0.4) is 0 Å². The Morgan fingerprint density at radius 3 is 2.15 bits per heavy atom. The van der Waals surface area contributed by atoms with E-state index in [-0.39, 0.29) is 0 Å².